The highest BCUT2D eigenvalue weighted by atomic mass is 35.5. The number of benzene rings is 1. The Labute approximate surface area is 68.8 Å². The van der Waals surface area contributed by atoms with Crippen LogP contribution in [0.2, 0.25) is 5.02 Å². The molecular formula is C8H5ClO2. The van der Waals surface area contributed by atoms with Crippen LogP contribution in [0.25, 0.3) is 0 Å². The van der Waals surface area contributed by atoms with Crippen molar-refractivity contribution >= 4 is 24.2 Å². The first kappa shape index (κ1) is 7.95. The summed E-state index contributed by atoms with van der Waals surface area (Å²) in [5.41, 5.74) is 0.688. The Kier molecular flexibility index (Phi) is 2.39. The molecule has 0 spiro atoms. The van der Waals surface area contributed by atoms with E-state index in [0.29, 0.717) is 23.7 Å². The molecule has 0 saturated carbocycles. The largest absolute Gasteiger partial charge is 0.298 e. The van der Waals surface area contributed by atoms with Gasteiger partial charge in [-0.1, -0.05) is 29.8 Å². The summed E-state index contributed by atoms with van der Waals surface area (Å²) >= 11 is 5.65. The highest BCUT2D eigenvalue weighted by Gasteiger charge is 2.02. The van der Waals surface area contributed by atoms with Crippen LogP contribution in [0.15, 0.2) is 18.2 Å². The van der Waals surface area contributed by atoms with Crippen LogP contribution < -0.4 is 0 Å². The molecular weight excluding hydrogens is 164 g/mol. The molecule has 1 aromatic carbocycles. The molecule has 0 aliphatic carbocycles. The predicted molar refractivity (Wildman–Crippen MR) is 42.2 cm³/mol. The summed E-state index contributed by atoms with van der Waals surface area (Å²) in [6.45, 7) is 0. The molecule has 2 nitrogen and oxygen atoms in total. The van der Waals surface area contributed by atoms with Gasteiger partial charge in [0.25, 0.3) is 0 Å². The van der Waals surface area contributed by atoms with Crippen molar-refractivity contribution < 1.29 is 9.59 Å². The second-order valence-corrected chi connectivity index (χ2v) is 2.36. The molecule has 56 valence electrons. The normalized spacial score (nSPS) is 9.18. The molecule has 11 heavy (non-hydrogen) atoms. The molecule has 0 saturated heterocycles. The number of carbonyl (C=O) groups is 2. The smallest absolute Gasteiger partial charge is 0.151 e. The van der Waals surface area contributed by atoms with E-state index in [0.717, 1.165) is 0 Å². The van der Waals surface area contributed by atoms with Crippen LogP contribution in [-0.2, 0) is 0 Å². The number of hydrogen-bond donors (Lipinski definition) is 0. The summed E-state index contributed by atoms with van der Waals surface area (Å²) in [6.07, 6.45) is 1.24. The SMILES string of the molecule is O=Cc1cccc(C=O)c1Cl. The fourth-order valence-electron chi connectivity index (χ4n) is 0.750. The molecule has 0 aliphatic rings. The fourth-order valence-corrected chi connectivity index (χ4v) is 0.966. The lowest BCUT2D eigenvalue weighted by atomic mass is 10.1. The molecule has 1 aromatic rings. The number of aldehydes is 2. The lowest BCUT2D eigenvalue weighted by molar-refractivity contribution is 0.112. The Morgan fingerprint density at radius 1 is 1.09 bits per heavy atom. The molecule has 0 aromatic heterocycles. The van der Waals surface area contributed by atoms with E-state index in [9.17, 15) is 9.59 Å². The maximum Gasteiger partial charge on any atom is 0.151 e. The minimum atomic E-state index is 0.220. The quantitative estimate of drug-likeness (QED) is 0.633. The molecule has 0 fully saturated rings. The van der Waals surface area contributed by atoms with Crippen molar-refractivity contribution in [3.05, 3.63) is 34.3 Å². The molecule has 0 heterocycles. The lowest BCUT2D eigenvalue weighted by Crippen LogP contribution is -1.87. The van der Waals surface area contributed by atoms with Gasteiger partial charge in [0.2, 0.25) is 0 Å². The average Bonchev–Trinajstić information content (AvgIpc) is 2.05. The zero-order valence-corrected chi connectivity index (χ0v) is 6.34. The van der Waals surface area contributed by atoms with E-state index in [-0.39, 0.29) is 5.02 Å². The lowest BCUT2D eigenvalue weighted by Gasteiger charge is -1.96. The van der Waals surface area contributed by atoms with Gasteiger partial charge in [-0.2, -0.15) is 0 Å². The van der Waals surface area contributed by atoms with Crippen molar-refractivity contribution in [1.29, 1.82) is 0 Å². The molecule has 0 atom stereocenters. The van der Waals surface area contributed by atoms with E-state index >= 15 is 0 Å². The van der Waals surface area contributed by atoms with Gasteiger partial charge in [0.05, 0.1) is 5.02 Å². The molecule has 0 bridgehead atoms. The van der Waals surface area contributed by atoms with E-state index in [2.05, 4.69) is 0 Å². The van der Waals surface area contributed by atoms with Crippen LogP contribution in [0.5, 0.6) is 0 Å². The molecule has 0 N–H and O–H groups in total. The molecule has 0 radical (unpaired) electrons. The minimum Gasteiger partial charge on any atom is -0.298 e. The Morgan fingerprint density at radius 3 is 1.91 bits per heavy atom. The first-order valence-electron chi connectivity index (χ1n) is 2.98. The third-order valence-corrected chi connectivity index (χ3v) is 1.75. The van der Waals surface area contributed by atoms with E-state index < -0.39 is 0 Å². The van der Waals surface area contributed by atoms with Gasteiger partial charge in [0.15, 0.2) is 12.6 Å². The number of halogens is 1. The monoisotopic (exact) mass is 168 g/mol. The van der Waals surface area contributed by atoms with Crippen LogP contribution in [0.3, 0.4) is 0 Å². The van der Waals surface area contributed by atoms with Crippen molar-refractivity contribution in [3.8, 4) is 0 Å². The first-order chi connectivity index (χ1) is 5.29. The highest BCUT2D eigenvalue weighted by Crippen LogP contribution is 2.17. The Morgan fingerprint density at radius 2 is 1.55 bits per heavy atom. The zero-order chi connectivity index (χ0) is 8.27. The van der Waals surface area contributed by atoms with Crippen LogP contribution in [-0.4, -0.2) is 12.6 Å². The maximum atomic E-state index is 10.3. The number of carbonyl (C=O) groups excluding carboxylic acids is 2. The van der Waals surface area contributed by atoms with Gasteiger partial charge in [-0.05, 0) is 0 Å². The van der Waals surface area contributed by atoms with Crippen molar-refractivity contribution in [3.63, 3.8) is 0 Å². The molecule has 0 aliphatic heterocycles. The van der Waals surface area contributed by atoms with Gasteiger partial charge in [0, 0.05) is 11.1 Å². The third-order valence-electron chi connectivity index (χ3n) is 1.31. The third kappa shape index (κ3) is 1.46. The predicted octanol–water partition coefficient (Wildman–Crippen LogP) is 1.97. The van der Waals surface area contributed by atoms with Gasteiger partial charge in [-0.15, -0.1) is 0 Å². The summed E-state index contributed by atoms with van der Waals surface area (Å²) in [5, 5.41) is 0.220. The van der Waals surface area contributed by atoms with Crippen LogP contribution in [0, 0.1) is 0 Å². The summed E-state index contributed by atoms with van der Waals surface area (Å²) in [6, 6.07) is 4.73. The van der Waals surface area contributed by atoms with Crippen molar-refractivity contribution in [2.45, 2.75) is 0 Å². The Hall–Kier alpha value is -1.15. The fraction of sp³-hybridized carbons (Fsp3) is 0. The van der Waals surface area contributed by atoms with Crippen LogP contribution in [0.4, 0.5) is 0 Å². The second-order valence-electron chi connectivity index (χ2n) is 1.99. The number of hydrogen-bond acceptors (Lipinski definition) is 2. The van der Waals surface area contributed by atoms with Gasteiger partial charge in [-0.25, -0.2) is 0 Å². The Balaban J connectivity index is 3.30. The van der Waals surface area contributed by atoms with E-state index in [1.54, 1.807) is 18.2 Å². The zero-order valence-electron chi connectivity index (χ0n) is 5.58. The molecule has 3 heteroatoms. The second kappa shape index (κ2) is 3.30. The van der Waals surface area contributed by atoms with Crippen molar-refractivity contribution in [2.24, 2.45) is 0 Å². The highest BCUT2D eigenvalue weighted by molar-refractivity contribution is 6.35. The summed E-state index contributed by atoms with van der Waals surface area (Å²) in [5.74, 6) is 0. The summed E-state index contributed by atoms with van der Waals surface area (Å²) < 4.78 is 0. The van der Waals surface area contributed by atoms with Crippen molar-refractivity contribution in [1.82, 2.24) is 0 Å². The van der Waals surface area contributed by atoms with Crippen LogP contribution >= 0.6 is 11.6 Å². The topological polar surface area (TPSA) is 34.1 Å². The van der Waals surface area contributed by atoms with E-state index in [1.807, 2.05) is 0 Å². The first-order valence-corrected chi connectivity index (χ1v) is 3.36. The number of rotatable bonds is 2. The molecule has 0 unspecified atom stereocenters. The average molecular weight is 169 g/mol. The van der Waals surface area contributed by atoms with Crippen molar-refractivity contribution in [2.75, 3.05) is 0 Å². The van der Waals surface area contributed by atoms with Gasteiger partial charge in [-0.3, -0.25) is 9.59 Å². The van der Waals surface area contributed by atoms with E-state index in [4.69, 9.17) is 11.6 Å². The molecule has 0 amide bonds. The maximum absolute atomic E-state index is 10.3. The minimum absolute atomic E-state index is 0.220. The summed E-state index contributed by atoms with van der Waals surface area (Å²) in [7, 11) is 0. The molecule has 1 rings (SSSR count). The van der Waals surface area contributed by atoms with Gasteiger partial charge in [0.1, 0.15) is 0 Å². The van der Waals surface area contributed by atoms with Crippen LogP contribution in [0.1, 0.15) is 20.7 Å². The summed E-state index contributed by atoms with van der Waals surface area (Å²) in [4.78, 5) is 20.6. The van der Waals surface area contributed by atoms with Gasteiger partial charge >= 0.3 is 0 Å². The van der Waals surface area contributed by atoms with Gasteiger partial charge < -0.3 is 0 Å². The standard InChI is InChI=1S/C8H5ClO2/c9-8-6(4-10)2-1-3-7(8)5-11/h1-5H. The Bertz CT molecular complexity index is 268. The van der Waals surface area contributed by atoms with E-state index in [1.165, 1.54) is 0 Å².